The third kappa shape index (κ3) is 3.42. The monoisotopic (exact) mass is 251 g/mol. The zero-order valence-electron chi connectivity index (χ0n) is 9.63. The van der Waals surface area contributed by atoms with Crippen LogP contribution in [0.1, 0.15) is 18.7 Å². The number of carboxylic acids is 1. The van der Waals surface area contributed by atoms with E-state index in [2.05, 4.69) is 15.5 Å². The second-order valence-corrected chi connectivity index (χ2v) is 3.66. The first kappa shape index (κ1) is 12.3. The fraction of sp³-hybridized carbons (Fsp3) is 0.364. The molecular formula is C11H13N3O4. The maximum Gasteiger partial charge on any atom is 0.303 e. The Kier molecular flexibility index (Phi) is 4.08. The molecule has 0 saturated heterocycles. The number of nitrogens with one attached hydrogen (secondary N) is 1. The summed E-state index contributed by atoms with van der Waals surface area (Å²) in [7, 11) is 0. The van der Waals surface area contributed by atoms with Gasteiger partial charge >= 0.3 is 5.97 Å². The van der Waals surface area contributed by atoms with Crippen molar-refractivity contribution in [3.05, 3.63) is 24.3 Å². The van der Waals surface area contributed by atoms with Crippen molar-refractivity contribution in [1.29, 1.82) is 0 Å². The van der Waals surface area contributed by atoms with Crippen molar-refractivity contribution in [3.8, 4) is 11.6 Å². The molecular weight excluding hydrogens is 238 g/mol. The largest absolute Gasteiger partial charge is 0.481 e. The lowest BCUT2D eigenvalue weighted by Crippen LogP contribution is -2.15. The van der Waals surface area contributed by atoms with Crippen LogP contribution in [-0.2, 0) is 11.3 Å². The minimum Gasteiger partial charge on any atom is -0.481 e. The first-order chi connectivity index (χ1) is 8.75. The maximum atomic E-state index is 10.3. The Labute approximate surface area is 103 Å². The summed E-state index contributed by atoms with van der Waals surface area (Å²) >= 11 is 0. The van der Waals surface area contributed by atoms with Gasteiger partial charge in [-0.1, -0.05) is 5.16 Å². The van der Waals surface area contributed by atoms with E-state index < -0.39 is 5.97 Å². The van der Waals surface area contributed by atoms with Gasteiger partial charge in [0, 0.05) is 6.42 Å². The number of nitrogens with zero attached hydrogens (tertiary/aromatic N) is 2. The molecule has 2 heterocycles. The SMILES string of the molecule is O=C(O)CCCNCc1nc(-c2ccco2)no1. The molecule has 2 aromatic rings. The summed E-state index contributed by atoms with van der Waals surface area (Å²) in [6.45, 7) is 0.998. The normalized spacial score (nSPS) is 10.7. The van der Waals surface area contributed by atoms with E-state index in [0.717, 1.165) is 0 Å². The van der Waals surface area contributed by atoms with Crippen LogP contribution in [0.25, 0.3) is 11.6 Å². The topological polar surface area (TPSA) is 101 Å². The van der Waals surface area contributed by atoms with Crippen LogP contribution in [0, 0.1) is 0 Å². The molecule has 7 heteroatoms. The van der Waals surface area contributed by atoms with E-state index in [9.17, 15) is 4.79 Å². The summed E-state index contributed by atoms with van der Waals surface area (Å²) in [4.78, 5) is 14.4. The highest BCUT2D eigenvalue weighted by atomic mass is 16.5. The lowest BCUT2D eigenvalue weighted by atomic mass is 10.3. The molecule has 0 radical (unpaired) electrons. The molecule has 0 fully saturated rings. The van der Waals surface area contributed by atoms with Crippen LogP contribution < -0.4 is 5.32 Å². The molecule has 0 bridgehead atoms. The van der Waals surface area contributed by atoms with Gasteiger partial charge in [0.2, 0.25) is 11.7 Å². The van der Waals surface area contributed by atoms with Gasteiger partial charge in [-0.15, -0.1) is 0 Å². The van der Waals surface area contributed by atoms with Crippen molar-refractivity contribution >= 4 is 5.97 Å². The molecule has 0 spiro atoms. The number of aliphatic carboxylic acids is 1. The molecule has 0 amide bonds. The van der Waals surface area contributed by atoms with Crippen molar-refractivity contribution in [2.45, 2.75) is 19.4 Å². The molecule has 2 aromatic heterocycles. The Hall–Kier alpha value is -2.15. The molecule has 2 rings (SSSR count). The van der Waals surface area contributed by atoms with Crippen molar-refractivity contribution in [2.24, 2.45) is 0 Å². The van der Waals surface area contributed by atoms with Gasteiger partial charge in [-0.2, -0.15) is 4.98 Å². The molecule has 0 aliphatic rings. The number of carbonyl (C=O) groups is 1. The van der Waals surface area contributed by atoms with E-state index in [1.165, 1.54) is 6.26 Å². The highest BCUT2D eigenvalue weighted by Gasteiger charge is 2.10. The van der Waals surface area contributed by atoms with Crippen LogP contribution in [0.15, 0.2) is 27.3 Å². The number of hydrogen-bond acceptors (Lipinski definition) is 6. The molecule has 0 unspecified atom stereocenters. The molecule has 2 N–H and O–H groups in total. The highest BCUT2D eigenvalue weighted by molar-refractivity contribution is 5.66. The van der Waals surface area contributed by atoms with Crippen molar-refractivity contribution < 1.29 is 18.8 Å². The Bertz CT molecular complexity index is 492. The molecule has 7 nitrogen and oxygen atoms in total. The standard InChI is InChI=1S/C11H13N3O4/c15-10(16)4-1-5-12-7-9-13-11(14-18-9)8-3-2-6-17-8/h2-3,6,12H,1,4-5,7H2,(H,15,16). The van der Waals surface area contributed by atoms with Crippen molar-refractivity contribution in [1.82, 2.24) is 15.5 Å². The second kappa shape index (κ2) is 5.97. The van der Waals surface area contributed by atoms with Gasteiger partial charge in [0.15, 0.2) is 5.76 Å². The molecule has 18 heavy (non-hydrogen) atoms. The first-order valence-electron chi connectivity index (χ1n) is 5.54. The summed E-state index contributed by atoms with van der Waals surface area (Å²) in [6.07, 6.45) is 2.25. The third-order valence-electron chi connectivity index (χ3n) is 2.23. The van der Waals surface area contributed by atoms with E-state index >= 15 is 0 Å². The minimum atomic E-state index is -0.797. The van der Waals surface area contributed by atoms with Gasteiger partial charge in [0.1, 0.15) is 0 Å². The van der Waals surface area contributed by atoms with Crippen LogP contribution >= 0.6 is 0 Å². The highest BCUT2D eigenvalue weighted by Crippen LogP contribution is 2.15. The average molecular weight is 251 g/mol. The van der Waals surface area contributed by atoms with Gasteiger partial charge in [-0.3, -0.25) is 4.79 Å². The van der Waals surface area contributed by atoms with Gasteiger partial charge < -0.3 is 19.4 Å². The van der Waals surface area contributed by atoms with Gasteiger partial charge in [0.05, 0.1) is 12.8 Å². The minimum absolute atomic E-state index is 0.147. The Morgan fingerprint density at radius 3 is 3.11 bits per heavy atom. The summed E-state index contributed by atoms with van der Waals surface area (Å²) in [6, 6.07) is 3.49. The number of hydrogen-bond donors (Lipinski definition) is 2. The molecule has 0 saturated carbocycles. The predicted molar refractivity (Wildman–Crippen MR) is 60.6 cm³/mol. The summed E-state index contributed by atoms with van der Waals surface area (Å²) < 4.78 is 10.1. The van der Waals surface area contributed by atoms with E-state index in [1.807, 2.05) is 0 Å². The molecule has 0 aliphatic carbocycles. The van der Waals surface area contributed by atoms with Crippen molar-refractivity contribution in [3.63, 3.8) is 0 Å². The Morgan fingerprint density at radius 1 is 1.50 bits per heavy atom. The molecule has 0 aromatic carbocycles. The number of rotatable bonds is 7. The Balaban J connectivity index is 1.76. The Morgan fingerprint density at radius 2 is 2.39 bits per heavy atom. The number of aromatic nitrogens is 2. The maximum absolute atomic E-state index is 10.3. The summed E-state index contributed by atoms with van der Waals surface area (Å²) in [5, 5.41) is 15.3. The first-order valence-corrected chi connectivity index (χ1v) is 5.54. The van der Waals surface area contributed by atoms with Crippen molar-refractivity contribution in [2.75, 3.05) is 6.54 Å². The fourth-order valence-corrected chi connectivity index (χ4v) is 1.39. The van der Waals surface area contributed by atoms with Gasteiger partial charge in [0.25, 0.3) is 0 Å². The molecule has 0 atom stereocenters. The predicted octanol–water partition coefficient (Wildman–Crippen LogP) is 1.28. The number of furan rings is 1. The van der Waals surface area contributed by atoms with E-state index in [-0.39, 0.29) is 6.42 Å². The van der Waals surface area contributed by atoms with E-state index in [0.29, 0.717) is 37.0 Å². The van der Waals surface area contributed by atoms with Crippen LogP contribution in [-0.4, -0.2) is 27.8 Å². The van der Waals surface area contributed by atoms with Crippen LogP contribution in [0.4, 0.5) is 0 Å². The van der Waals surface area contributed by atoms with Gasteiger partial charge in [-0.25, -0.2) is 0 Å². The average Bonchev–Trinajstić information content (AvgIpc) is 2.98. The molecule has 0 aliphatic heterocycles. The smallest absolute Gasteiger partial charge is 0.303 e. The van der Waals surface area contributed by atoms with Crippen LogP contribution in [0.2, 0.25) is 0 Å². The third-order valence-corrected chi connectivity index (χ3v) is 2.23. The number of carboxylic acid groups (broad SMARTS) is 1. The lowest BCUT2D eigenvalue weighted by molar-refractivity contribution is -0.137. The van der Waals surface area contributed by atoms with E-state index in [1.54, 1.807) is 12.1 Å². The van der Waals surface area contributed by atoms with E-state index in [4.69, 9.17) is 14.0 Å². The second-order valence-electron chi connectivity index (χ2n) is 3.66. The van der Waals surface area contributed by atoms with Gasteiger partial charge in [-0.05, 0) is 25.1 Å². The zero-order chi connectivity index (χ0) is 12.8. The van der Waals surface area contributed by atoms with Crippen LogP contribution in [0.3, 0.4) is 0 Å². The fourth-order valence-electron chi connectivity index (χ4n) is 1.39. The summed E-state index contributed by atoms with van der Waals surface area (Å²) in [5.74, 6) is 0.602. The zero-order valence-corrected chi connectivity index (χ0v) is 9.63. The molecule has 96 valence electrons. The summed E-state index contributed by atoms with van der Waals surface area (Å²) in [5.41, 5.74) is 0. The quantitative estimate of drug-likeness (QED) is 0.714. The lowest BCUT2D eigenvalue weighted by Gasteiger charge is -1.98. The van der Waals surface area contributed by atoms with Crippen LogP contribution in [0.5, 0.6) is 0 Å².